The molecule has 2 heterocycles. The fourth-order valence-corrected chi connectivity index (χ4v) is 3.71. The number of carbonyl (C=O) groups is 1. The Morgan fingerprint density at radius 3 is 2.68 bits per heavy atom. The van der Waals surface area contributed by atoms with Crippen molar-refractivity contribution in [2.24, 2.45) is 0 Å². The van der Waals surface area contributed by atoms with Crippen LogP contribution in [0.3, 0.4) is 0 Å². The minimum atomic E-state index is -0.317. The number of ether oxygens (including phenoxy) is 2. The number of morpholine rings is 1. The Kier molecular flexibility index (Phi) is 5.88. The van der Waals surface area contributed by atoms with Crippen molar-refractivity contribution in [1.82, 2.24) is 9.80 Å². The molecule has 0 saturated carbocycles. The van der Waals surface area contributed by atoms with Crippen LogP contribution < -0.4 is 4.74 Å². The van der Waals surface area contributed by atoms with Crippen LogP contribution in [0.15, 0.2) is 42.5 Å². The Hall–Kier alpha value is -2.44. The maximum atomic E-state index is 13.4. The highest BCUT2D eigenvalue weighted by Gasteiger charge is 2.21. The molecule has 2 aromatic carbocycles. The van der Waals surface area contributed by atoms with Crippen LogP contribution in [0, 0.1) is 5.82 Å². The Morgan fingerprint density at radius 2 is 1.86 bits per heavy atom. The Labute approximate surface area is 164 Å². The molecule has 1 saturated heterocycles. The van der Waals surface area contributed by atoms with E-state index in [2.05, 4.69) is 17.0 Å². The lowest BCUT2D eigenvalue weighted by molar-refractivity contribution is -0.131. The van der Waals surface area contributed by atoms with Crippen molar-refractivity contribution < 1.29 is 18.7 Å². The van der Waals surface area contributed by atoms with Crippen LogP contribution in [-0.2, 0) is 29.0 Å². The van der Waals surface area contributed by atoms with Gasteiger partial charge in [0, 0.05) is 31.7 Å². The lowest BCUT2D eigenvalue weighted by Gasteiger charge is -2.27. The van der Waals surface area contributed by atoms with E-state index in [9.17, 15) is 9.18 Å². The summed E-state index contributed by atoms with van der Waals surface area (Å²) in [5, 5.41) is 0. The summed E-state index contributed by atoms with van der Waals surface area (Å²) in [5.41, 5.74) is 2.93. The van der Waals surface area contributed by atoms with Crippen molar-refractivity contribution in [2.75, 3.05) is 39.5 Å². The largest absolute Gasteiger partial charge is 0.491 e. The van der Waals surface area contributed by atoms with Gasteiger partial charge < -0.3 is 14.4 Å². The molecule has 0 spiro atoms. The van der Waals surface area contributed by atoms with Gasteiger partial charge in [0.15, 0.2) is 0 Å². The Bertz CT molecular complexity index is 836. The molecule has 0 atom stereocenters. The van der Waals surface area contributed by atoms with Crippen molar-refractivity contribution in [1.29, 1.82) is 0 Å². The van der Waals surface area contributed by atoms with E-state index in [0.29, 0.717) is 25.3 Å². The summed E-state index contributed by atoms with van der Waals surface area (Å²) >= 11 is 0. The monoisotopic (exact) mass is 384 g/mol. The predicted octanol–water partition coefficient (Wildman–Crippen LogP) is 2.62. The summed E-state index contributed by atoms with van der Waals surface area (Å²) in [5.74, 6) is 0.509. The highest BCUT2D eigenvalue weighted by atomic mass is 19.1. The number of hydrogen-bond acceptors (Lipinski definition) is 4. The summed E-state index contributed by atoms with van der Waals surface area (Å²) < 4.78 is 24.7. The van der Waals surface area contributed by atoms with Gasteiger partial charge in [-0.15, -0.1) is 0 Å². The lowest BCUT2D eigenvalue weighted by Crippen LogP contribution is -2.35. The van der Waals surface area contributed by atoms with Gasteiger partial charge in [-0.2, -0.15) is 0 Å². The SMILES string of the molecule is O=C(Cc1cccc(F)c1)N1CCOc2ccc(CN3CCOCC3)cc2C1. The molecule has 0 aromatic heterocycles. The first-order chi connectivity index (χ1) is 13.7. The summed E-state index contributed by atoms with van der Waals surface area (Å²) in [7, 11) is 0. The average molecular weight is 384 g/mol. The number of nitrogens with zero attached hydrogens (tertiary/aromatic N) is 2. The topological polar surface area (TPSA) is 42.0 Å². The van der Waals surface area contributed by atoms with Crippen molar-refractivity contribution in [3.63, 3.8) is 0 Å². The molecular formula is C22H25FN2O3. The van der Waals surface area contributed by atoms with Crippen molar-refractivity contribution in [3.05, 3.63) is 65.0 Å². The van der Waals surface area contributed by atoms with E-state index in [0.717, 1.165) is 44.2 Å². The number of hydrogen-bond donors (Lipinski definition) is 0. The van der Waals surface area contributed by atoms with Crippen molar-refractivity contribution in [3.8, 4) is 5.75 Å². The predicted molar refractivity (Wildman–Crippen MR) is 104 cm³/mol. The van der Waals surface area contributed by atoms with Crippen LogP contribution in [0.25, 0.3) is 0 Å². The van der Waals surface area contributed by atoms with Crippen LogP contribution in [0.2, 0.25) is 0 Å². The molecule has 0 unspecified atom stereocenters. The van der Waals surface area contributed by atoms with E-state index >= 15 is 0 Å². The third kappa shape index (κ3) is 4.69. The van der Waals surface area contributed by atoms with E-state index in [1.54, 1.807) is 17.0 Å². The molecule has 2 aromatic rings. The molecular weight excluding hydrogens is 359 g/mol. The van der Waals surface area contributed by atoms with Crippen LogP contribution in [-0.4, -0.2) is 55.2 Å². The van der Waals surface area contributed by atoms with Gasteiger partial charge in [-0.25, -0.2) is 4.39 Å². The average Bonchev–Trinajstić information content (AvgIpc) is 2.91. The molecule has 28 heavy (non-hydrogen) atoms. The number of rotatable bonds is 4. The molecule has 148 valence electrons. The third-order valence-electron chi connectivity index (χ3n) is 5.21. The van der Waals surface area contributed by atoms with Gasteiger partial charge in [-0.1, -0.05) is 18.2 Å². The minimum Gasteiger partial charge on any atom is -0.491 e. The second kappa shape index (κ2) is 8.71. The standard InChI is InChI=1S/C22H25FN2O3/c23-20-3-1-2-17(13-20)14-22(26)25-8-11-28-21-5-4-18(12-19(21)16-25)15-24-6-9-27-10-7-24/h1-5,12-13H,6-11,14-16H2. The van der Waals surface area contributed by atoms with Crippen molar-refractivity contribution in [2.45, 2.75) is 19.5 Å². The van der Waals surface area contributed by atoms with Crippen LogP contribution in [0.4, 0.5) is 4.39 Å². The molecule has 0 aliphatic carbocycles. The van der Waals surface area contributed by atoms with Crippen LogP contribution in [0.1, 0.15) is 16.7 Å². The zero-order valence-corrected chi connectivity index (χ0v) is 15.9. The molecule has 0 radical (unpaired) electrons. The summed E-state index contributed by atoms with van der Waals surface area (Å²) in [6.07, 6.45) is 0.195. The summed E-state index contributed by atoms with van der Waals surface area (Å²) in [4.78, 5) is 16.9. The molecule has 5 nitrogen and oxygen atoms in total. The molecule has 0 bridgehead atoms. The lowest BCUT2D eigenvalue weighted by atomic mass is 10.1. The maximum absolute atomic E-state index is 13.4. The fourth-order valence-electron chi connectivity index (χ4n) is 3.71. The van der Waals surface area contributed by atoms with E-state index in [1.807, 2.05) is 6.07 Å². The summed E-state index contributed by atoms with van der Waals surface area (Å²) in [6.45, 7) is 5.80. The zero-order valence-electron chi connectivity index (χ0n) is 15.9. The van der Waals surface area contributed by atoms with Crippen molar-refractivity contribution >= 4 is 5.91 Å². The fraction of sp³-hybridized carbons (Fsp3) is 0.409. The number of fused-ring (bicyclic) bond motifs is 1. The molecule has 6 heteroatoms. The zero-order chi connectivity index (χ0) is 19.3. The van der Waals surface area contributed by atoms with E-state index in [-0.39, 0.29) is 18.1 Å². The normalized spacial score (nSPS) is 17.5. The van der Waals surface area contributed by atoms with Gasteiger partial charge in [0.25, 0.3) is 0 Å². The van der Waals surface area contributed by atoms with Gasteiger partial charge in [0.05, 0.1) is 26.2 Å². The first kappa shape index (κ1) is 18.9. The van der Waals surface area contributed by atoms with E-state index < -0.39 is 0 Å². The maximum Gasteiger partial charge on any atom is 0.227 e. The molecule has 1 fully saturated rings. The van der Waals surface area contributed by atoms with Gasteiger partial charge >= 0.3 is 0 Å². The molecule has 2 aliphatic heterocycles. The highest BCUT2D eigenvalue weighted by molar-refractivity contribution is 5.79. The molecule has 1 amide bonds. The van der Waals surface area contributed by atoms with Gasteiger partial charge in [-0.05, 0) is 35.4 Å². The number of halogens is 1. The third-order valence-corrected chi connectivity index (χ3v) is 5.21. The Morgan fingerprint density at radius 1 is 1.00 bits per heavy atom. The van der Waals surface area contributed by atoms with Crippen LogP contribution in [0.5, 0.6) is 5.75 Å². The van der Waals surface area contributed by atoms with Gasteiger partial charge in [-0.3, -0.25) is 9.69 Å². The quantitative estimate of drug-likeness (QED) is 0.813. The van der Waals surface area contributed by atoms with Gasteiger partial charge in [0.1, 0.15) is 18.2 Å². The highest BCUT2D eigenvalue weighted by Crippen LogP contribution is 2.25. The number of amides is 1. The second-order valence-electron chi connectivity index (χ2n) is 7.30. The molecule has 0 N–H and O–H groups in total. The smallest absolute Gasteiger partial charge is 0.227 e. The van der Waals surface area contributed by atoms with Crippen LogP contribution >= 0.6 is 0 Å². The van der Waals surface area contributed by atoms with E-state index in [4.69, 9.17) is 9.47 Å². The number of benzene rings is 2. The molecule has 2 aliphatic rings. The molecule has 4 rings (SSSR count). The number of carbonyl (C=O) groups excluding carboxylic acids is 1. The Balaban J connectivity index is 1.45. The first-order valence-corrected chi connectivity index (χ1v) is 9.74. The van der Waals surface area contributed by atoms with E-state index in [1.165, 1.54) is 17.7 Å². The minimum absolute atomic E-state index is 0.0133. The first-order valence-electron chi connectivity index (χ1n) is 9.74. The van der Waals surface area contributed by atoms with Gasteiger partial charge in [0.2, 0.25) is 5.91 Å². The second-order valence-corrected chi connectivity index (χ2v) is 7.30. The summed E-state index contributed by atoms with van der Waals surface area (Å²) in [6, 6.07) is 12.5.